The van der Waals surface area contributed by atoms with E-state index in [1.807, 2.05) is 0 Å². The van der Waals surface area contributed by atoms with Crippen LogP contribution in [-0.4, -0.2) is 0 Å². The van der Waals surface area contributed by atoms with Crippen LogP contribution in [0.1, 0.15) is 26.7 Å². The molecule has 0 aromatic carbocycles. The molecule has 0 aromatic rings. The smallest absolute Gasteiger partial charge is 0.0468 e. The number of hydrogen-bond donors (Lipinski definition) is 1. The molecule has 0 amide bonds. The van der Waals surface area contributed by atoms with Crippen molar-refractivity contribution in [2.24, 2.45) is 11.1 Å². The minimum Gasteiger partial charge on any atom is -0.287 e. The Kier molecular flexibility index (Phi) is 25.0. The second-order valence-corrected chi connectivity index (χ2v) is 1.11. The predicted molar refractivity (Wildman–Crippen MR) is 30.6 cm³/mol. The molecule has 0 spiro atoms. The van der Waals surface area contributed by atoms with Crippen molar-refractivity contribution in [3.05, 3.63) is 4.91 Å². The van der Waals surface area contributed by atoms with Gasteiger partial charge in [0.25, 0.3) is 0 Å². The average molecular weight is 104 g/mol. The summed E-state index contributed by atoms with van der Waals surface area (Å²) in [7, 11) is 0. The Morgan fingerprint density at radius 1 is 1.43 bits per heavy atom. The topological polar surface area (TPSA) is 55.4 Å². The highest BCUT2D eigenvalue weighted by atomic mass is 16.3. The van der Waals surface area contributed by atoms with Crippen molar-refractivity contribution in [2.45, 2.75) is 26.7 Å². The SMILES string of the molecule is CCCC.NN=O. The summed E-state index contributed by atoms with van der Waals surface area (Å²) in [6.07, 6.45) is 2.64. The molecule has 0 aliphatic heterocycles. The van der Waals surface area contributed by atoms with Gasteiger partial charge < -0.3 is 0 Å². The molecular weight excluding hydrogens is 92.1 g/mol. The fraction of sp³-hybridized carbons (Fsp3) is 1.00. The van der Waals surface area contributed by atoms with Crippen LogP contribution in [0.5, 0.6) is 0 Å². The molecule has 44 valence electrons. The molecule has 0 radical (unpaired) electrons. The van der Waals surface area contributed by atoms with E-state index in [4.69, 9.17) is 4.91 Å². The normalized spacial score (nSPS) is 6.00. The van der Waals surface area contributed by atoms with Crippen molar-refractivity contribution in [2.75, 3.05) is 0 Å². The van der Waals surface area contributed by atoms with E-state index in [1.165, 1.54) is 12.8 Å². The van der Waals surface area contributed by atoms with Crippen molar-refractivity contribution in [1.82, 2.24) is 0 Å². The lowest BCUT2D eigenvalue weighted by Gasteiger charge is -1.68. The highest BCUT2D eigenvalue weighted by Crippen LogP contribution is 1.76. The van der Waals surface area contributed by atoms with Gasteiger partial charge >= 0.3 is 0 Å². The van der Waals surface area contributed by atoms with E-state index in [0.29, 0.717) is 0 Å². The first kappa shape index (κ1) is 9.64. The first-order chi connectivity index (χ1) is 3.33. The van der Waals surface area contributed by atoms with Crippen molar-refractivity contribution in [3.8, 4) is 0 Å². The van der Waals surface area contributed by atoms with Gasteiger partial charge in [0.05, 0.1) is 0 Å². The number of nitroso groups, excluding NO2 is 1. The molecule has 0 unspecified atom stereocenters. The summed E-state index contributed by atoms with van der Waals surface area (Å²) in [5.41, 5.74) is 0. The van der Waals surface area contributed by atoms with E-state index in [0.717, 1.165) is 0 Å². The third-order valence-electron chi connectivity index (χ3n) is 0.500. The number of unbranched alkanes of at least 4 members (excludes halogenated alkanes) is 1. The van der Waals surface area contributed by atoms with Gasteiger partial charge in [-0.3, -0.25) is 5.84 Å². The van der Waals surface area contributed by atoms with Gasteiger partial charge in [-0.05, 0) is 0 Å². The molecule has 0 atom stereocenters. The maximum atomic E-state index is 8.33. The molecule has 0 aliphatic rings. The van der Waals surface area contributed by atoms with Gasteiger partial charge in [0.15, 0.2) is 0 Å². The zero-order chi connectivity index (χ0) is 6.12. The van der Waals surface area contributed by atoms with Gasteiger partial charge in [0, 0.05) is 5.29 Å². The summed E-state index contributed by atoms with van der Waals surface area (Å²) in [5, 5.41) is 1.75. The van der Waals surface area contributed by atoms with Crippen LogP contribution in [0.25, 0.3) is 0 Å². The summed E-state index contributed by atoms with van der Waals surface area (Å²) >= 11 is 0. The Bertz CT molecular complexity index is 28.9. The van der Waals surface area contributed by atoms with Gasteiger partial charge in [-0.25, -0.2) is 0 Å². The molecule has 0 aliphatic carbocycles. The molecule has 2 N–H and O–H groups in total. The lowest BCUT2D eigenvalue weighted by Crippen LogP contribution is -1.66. The van der Waals surface area contributed by atoms with Gasteiger partial charge in [-0.1, -0.05) is 26.7 Å². The largest absolute Gasteiger partial charge is 0.287 e. The highest BCUT2D eigenvalue weighted by molar-refractivity contribution is 4.12. The zero-order valence-corrected chi connectivity index (χ0v) is 4.85. The average Bonchev–Trinajstić information content (AvgIpc) is 1.69. The van der Waals surface area contributed by atoms with Crippen LogP contribution >= 0.6 is 0 Å². The van der Waals surface area contributed by atoms with E-state index < -0.39 is 0 Å². The molecular formula is C4H12N2O. The van der Waals surface area contributed by atoms with E-state index in [1.54, 1.807) is 5.29 Å². The monoisotopic (exact) mass is 104 g/mol. The lowest BCUT2D eigenvalue weighted by molar-refractivity contribution is 0.886. The van der Waals surface area contributed by atoms with Crippen LogP contribution in [0.3, 0.4) is 0 Å². The predicted octanol–water partition coefficient (Wildman–Crippen LogP) is 1.43. The van der Waals surface area contributed by atoms with Crippen molar-refractivity contribution < 1.29 is 0 Å². The molecule has 0 fully saturated rings. The second-order valence-electron chi connectivity index (χ2n) is 1.11. The number of nitrogens with two attached hydrogens (primary N) is 1. The zero-order valence-electron chi connectivity index (χ0n) is 4.85. The van der Waals surface area contributed by atoms with E-state index in [-0.39, 0.29) is 0 Å². The van der Waals surface area contributed by atoms with E-state index in [9.17, 15) is 0 Å². The van der Waals surface area contributed by atoms with Crippen LogP contribution in [0.15, 0.2) is 5.29 Å². The van der Waals surface area contributed by atoms with Crippen molar-refractivity contribution in [3.63, 3.8) is 0 Å². The summed E-state index contributed by atoms with van der Waals surface area (Å²) < 4.78 is 0. The summed E-state index contributed by atoms with van der Waals surface area (Å²) in [6.45, 7) is 4.36. The molecule has 3 nitrogen and oxygen atoms in total. The molecule has 0 heterocycles. The van der Waals surface area contributed by atoms with Crippen LogP contribution in [0.2, 0.25) is 0 Å². The molecule has 0 aromatic heterocycles. The highest BCUT2D eigenvalue weighted by Gasteiger charge is 1.56. The van der Waals surface area contributed by atoms with Crippen molar-refractivity contribution in [1.29, 1.82) is 0 Å². The van der Waals surface area contributed by atoms with Crippen LogP contribution in [0.4, 0.5) is 0 Å². The summed E-state index contributed by atoms with van der Waals surface area (Å²) in [5.74, 6) is 3.92. The minimum atomic E-state index is 1.32. The molecule has 0 saturated carbocycles. The third-order valence-corrected chi connectivity index (χ3v) is 0.500. The van der Waals surface area contributed by atoms with Gasteiger partial charge in [0.2, 0.25) is 0 Å². The van der Waals surface area contributed by atoms with Crippen LogP contribution in [0, 0.1) is 4.91 Å². The van der Waals surface area contributed by atoms with Crippen LogP contribution < -0.4 is 5.84 Å². The first-order valence-corrected chi connectivity index (χ1v) is 2.35. The standard InChI is InChI=1S/C4H10.H2N2O/c1-3-4-2;1-2-3/h3-4H2,1-2H3;(H2,1,3). The summed E-state index contributed by atoms with van der Waals surface area (Å²) in [6, 6.07) is 0. The molecule has 0 rings (SSSR count). The quantitative estimate of drug-likeness (QED) is 0.311. The molecule has 3 heteroatoms. The Hall–Kier alpha value is -0.600. The summed E-state index contributed by atoms with van der Waals surface area (Å²) in [4.78, 5) is 8.33. The van der Waals surface area contributed by atoms with Crippen LogP contribution in [-0.2, 0) is 0 Å². The van der Waals surface area contributed by atoms with Crippen molar-refractivity contribution >= 4 is 0 Å². The molecule has 0 saturated heterocycles. The fourth-order valence-electron chi connectivity index (χ4n) is 0. The van der Waals surface area contributed by atoms with Gasteiger partial charge in [0.1, 0.15) is 0 Å². The van der Waals surface area contributed by atoms with Gasteiger partial charge in [-0.2, -0.15) is 0 Å². The second kappa shape index (κ2) is 18.2. The maximum Gasteiger partial charge on any atom is 0.0468 e. The lowest BCUT2D eigenvalue weighted by atomic mass is 10.4. The Morgan fingerprint density at radius 2 is 1.57 bits per heavy atom. The minimum absolute atomic E-state index is 1.32. The fourth-order valence-corrected chi connectivity index (χ4v) is 0. The Balaban J connectivity index is 0. The Labute approximate surface area is 43.8 Å². The number of hydrogen-bond acceptors (Lipinski definition) is 2. The third kappa shape index (κ3) is 390. The first-order valence-electron chi connectivity index (χ1n) is 2.35. The number of rotatable bonds is 1. The van der Waals surface area contributed by atoms with E-state index >= 15 is 0 Å². The maximum absolute atomic E-state index is 8.33. The Morgan fingerprint density at radius 3 is 1.57 bits per heavy atom. The number of nitrogens with zero attached hydrogens (tertiary/aromatic N) is 1. The molecule has 7 heavy (non-hydrogen) atoms. The van der Waals surface area contributed by atoms with E-state index in [2.05, 4.69) is 19.7 Å². The van der Waals surface area contributed by atoms with Gasteiger partial charge in [-0.15, -0.1) is 4.91 Å². The molecule has 0 bridgehead atoms.